The van der Waals surface area contributed by atoms with Crippen molar-refractivity contribution in [1.29, 1.82) is 10.5 Å². The van der Waals surface area contributed by atoms with E-state index < -0.39 is 0 Å². The molecule has 3 heteroatoms. The van der Waals surface area contributed by atoms with E-state index in [4.69, 9.17) is 10.5 Å². The van der Waals surface area contributed by atoms with Crippen LogP contribution in [0, 0.1) is 34.5 Å². The number of nitrogens with zero attached hydrogens (tertiary/aromatic N) is 2. The SMILES string of the molecule is N#Cc1ccc(C#Cc2ccc(C=O)cc2)cc1C#N. The van der Waals surface area contributed by atoms with Gasteiger partial charge >= 0.3 is 0 Å². The molecule has 2 rings (SSSR count). The molecule has 0 heterocycles. The molecule has 0 radical (unpaired) electrons. The molecule has 0 bridgehead atoms. The molecule has 0 spiro atoms. The van der Waals surface area contributed by atoms with Crippen LogP contribution in [0.15, 0.2) is 42.5 Å². The van der Waals surface area contributed by atoms with Gasteiger partial charge in [0.2, 0.25) is 0 Å². The minimum Gasteiger partial charge on any atom is -0.298 e. The number of rotatable bonds is 1. The van der Waals surface area contributed by atoms with Gasteiger partial charge in [-0.25, -0.2) is 0 Å². The predicted octanol–water partition coefficient (Wildman–Crippen LogP) is 2.64. The summed E-state index contributed by atoms with van der Waals surface area (Å²) in [5.41, 5.74) is 2.70. The van der Waals surface area contributed by atoms with Gasteiger partial charge in [0.05, 0.1) is 11.1 Å². The first-order valence-electron chi connectivity index (χ1n) is 5.78. The summed E-state index contributed by atoms with van der Waals surface area (Å²) in [6, 6.07) is 15.7. The zero-order valence-corrected chi connectivity index (χ0v) is 10.4. The van der Waals surface area contributed by atoms with Gasteiger partial charge in [0.15, 0.2) is 0 Å². The number of hydrogen-bond acceptors (Lipinski definition) is 3. The summed E-state index contributed by atoms with van der Waals surface area (Å²) in [5.74, 6) is 5.87. The number of hydrogen-bond donors (Lipinski definition) is 0. The fourth-order valence-electron chi connectivity index (χ4n) is 1.60. The van der Waals surface area contributed by atoms with Gasteiger partial charge in [0.25, 0.3) is 0 Å². The summed E-state index contributed by atoms with van der Waals surface area (Å²) in [5, 5.41) is 17.8. The highest BCUT2D eigenvalue weighted by Crippen LogP contribution is 2.09. The summed E-state index contributed by atoms with van der Waals surface area (Å²) in [6.07, 6.45) is 0.775. The number of carbonyl (C=O) groups is 1. The fourth-order valence-corrected chi connectivity index (χ4v) is 1.60. The van der Waals surface area contributed by atoms with E-state index in [1.165, 1.54) is 0 Å². The Kier molecular flexibility index (Phi) is 3.93. The van der Waals surface area contributed by atoms with Crippen LogP contribution in [0.3, 0.4) is 0 Å². The highest BCUT2D eigenvalue weighted by atomic mass is 16.1. The molecule has 0 aliphatic rings. The van der Waals surface area contributed by atoms with Crippen LogP contribution in [0.5, 0.6) is 0 Å². The molecule has 0 atom stereocenters. The standard InChI is InChI=1S/C17H8N2O/c18-10-16-8-7-14(9-17(16)11-19)4-1-13-2-5-15(12-20)6-3-13/h2-3,5-9,12H. The van der Waals surface area contributed by atoms with E-state index in [0.29, 0.717) is 22.3 Å². The Hall–Kier alpha value is -3.35. The summed E-state index contributed by atoms with van der Waals surface area (Å²) < 4.78 is 0. The number of nitriles is 2. The molecule has 0 saturated heterocycles. The molecule has 2 aromatic carbocycles. The Morgan fingerprint density at radius 1 is 0.800 bits per heavy atom. The minimum absolute atomic E-state index is 0.315. The molecule has 0 N–H and O–H groups in total. The van der Waals surface area contributed by atoms with Crippen molar-refractivity contribution in [2.24, 2.45) is 0 Å². The van der Waals surface area contributed by atoms with Crippen LogP contribution in [-0.2, 0) is 0 Å². The second-order valence-corrected chi connectivity index (χ2v) is 3.97. The molecule has 3 nitrogen and oxygen atoms in total. The Balaban J connectivity index is 2.31. The van der Waals surface area contributed by atoms with Gasteiger partial charge in [-0.3, -0.25) is 4.79 Å². The third-order valence-corrected chi connectivity index (χ3v) is 2.66. The van der Waals surface area contributed by atoms with Crippen molar-refractivity contribution in [3.8, 4) is 24.0 Å². The maximum atomic E-state index is 10.5. The molecule has 0 saturated carbocycles. The summed E-state index contributed by atoms with van der Waals surface area (Å²) in [7, 11) is 0. The van der Waals surface area contributed by atoms with Crippen molar-refractivity contribution >= 4 is 6.29 Å². The third kappa shape index (κ3) is 2.91. The highest BCUT2D eigenvalue weighted by molar-refractivity contribution is 5.74. The van der Waals surface area contributed by atoms with Crippen LogP contribution in [0.1, 0.15) is 32.6 Å². The Labute approximate surface area is 116 Å². The van der Waals surface area contributed by atoms with Crippen molar-refractivity contribution in [3.05, 3.63) is 70.3 Å². The first-order chi connectivity index (χ1) is 9.76. The Bertz CT molecular complexity index is 794. The van der Waals surface area contributed by atoms with Gasteiger partial charge in [-0.15, -0.1) is 0 Å². The molecule has 0 aliphatic heterocycles. The predicted molar refractivity (Wildman–Crippen MR) is 73.7 cm³/mol. The van der Waals surface area contributed by atoms with E-state index in [1.54, 1.807) is 42.5 Å². The zero-order valence-electron chi connectivity index (χ0n) is 10.4. The van der Waals surface area contributed by atoms with Gasteiger partial charge in [-0.05, 0) is 30.3 Å². The summed E-state index contributed by atoms with van der Waals surface area (Å²) >= 11 is 0. The normalized spacial score (nSPS) is 8.70. The lowest BCUT2D eigenvalue weighted by atomic mass is 10.1. The number of benzene rings is 2. The monoisotopic (exact) mass is 256 g/mol. The van der Waals surface area contributed by atoms with Crippen LogP contribution >= 0.6 is 0 Å². The first-order valence-corrected chi connectivity index (χ1v) is 5.78. The molecule has 20 heavy (non-hydrogen) atoms. The Morgan fingerprint density at radius 3 is 2.00 bits per heavy atom. The lowest BCUT2D eigenvalue weighted by Crippen LogP contribution is -1.85. The van der Waals surface area contributed by atoms with Crippen LogP contribution in [0.25, 0.3) is 0 Å². The van der Waals surface area contributed by atoms with Crippen LogP contribution < -0.4 is 0 Å². The van der Waals surface area contributed by atoms with Crippen molar-refractivity contribution in [3.63, 3.8) is 0 Å². The van der Waals surface area contributed by atoms with Gasteiger partial charge in [0, 0.05) is 16.7 Å². The Morgan fingerprint density at radius 2 is 1.40 bits per heavy atom. The highest BCUT2D eigenvalue weighted by Gasteiger charge is 2.00. The lowest BCUT2D eigenvalue weighted by molar-refractivity contribution is 0.112. The minimum atomic E-state index is 0.315. The largest absolute Gasteiger partial charge is 0.298 e. The number of aldehydes is 1. The van der Waals surface area contributed by atoms with Crippen molar-refractivity contribution in [2.45, 2.75) is 0 Å². The maximum absolute atomic E-state index is 10.5. The molecule has 0 amide bonds. The van der Waals surface area contributed by atoms with Crippen LogP contribution in [-0.4, -0.2) is 6.29 Å². The van der Waals surface area contributed by atoms with Crippen LogP contribution in [0.4, 0.5) is 0 Å². The second kappa shape index (κ2) is 6.01. The zero-order chi connectivity index (χ0) is 14.4. The first kappa shape index (κ1) is 13.1. The van der Waals surface area contributed by atoms with Crippen molar-refractivity contribution in [2.75, 3.05) is 0 Å². The third-order valence-electron chi connectivity index (χ3n) is 2.66. The molecule has 0 aliphatic carbocycles. The van der Waals surface area contributed by atoms with E-state index in [1.807, 2.05) is 12.1 Å². The topological polar surface area (TPSA) is 64.7 Å². The van der Waals surface area contributed by atoms with E-state index in [-0.39, 0.29) is 0 Å². The van der Waals surface area contributed by atoms with E-state index in [2.05, 4.69) is 11.8 Å². The molecule has 0 fully saturated rings. The van der Waals surface area contributed by atoms with E-state index >= 15 is 0 Å². The quantitative estimate of drug-likeness (QED) is 0.582. The van der Waals surface area contributed by atoms with Gasteiger partial charge in [0.1, 0.15) is 18.4 Å². The van der Waals surface area contributed by atoms with E-state index in [0.717, 1.165) is 11.8 Å². The van der Waals surface area contributed by atoms with Gasteiger partial charge in [-0.1, -0.05) is 24.0 Å². The van der Waals surface area contributed by atoms with Crippen molar-refractivity contribution < 1.29 is 4.79 Å². The lowest BCUT2D eigenvalue weighted by Gasteiger charge is -1.95. The van der Waals surface area contributed by atoms with Crippen LogP contribution in [0.2, 0.25) is 0 Å². The summed E-state index contributed by atoms with van der Waals surface area (Å²) in [4.78, 5) is 10.5. The average Bonchev–Trinajstić information content (AvgIpc) is 2.53. The molecule has 0 aromatic heterocycles. The molecule has 0 unspecified atom stereocenters. The second-order valence-electron chi connectivity index (χ2n) is 3.97. The molecular weight excluding hydrogens is 248 g/mol. The van der Waals surface area contributed by atoms with Gasteiger partial charge in [-0.2, -0.15) is 10.5 Å². The molecule has 92 valence electrons. The van der Waals surface area contributed by atoms with Crippen molar-refractivity contribution in [1.82, 2.24) is 0 Å². The van der Waals surface area contributed by atoms with Gasteiger partial charge < -0.3 is 0 Å². The molecule has 2 aromatic rings. The smallest absolute Gasteiger partial charge is 0.150 e. The summed E-state index contributed by atoms with van der Waals surface area (Å²) in [6.45, 7) is 0. The maximum Gasteiger partial charge on any atom is 0.150 e. The number of carbonyl (C=O) groups excluding carboxylic acids is 1. The fraction of sp³-hybridized carbons (Fsp3) is 0. The molecular formula is C17H8N2O. The van der Waals surface area contributed by atoms with E-state index in [9.17, 15) is 4.79 Å². The average molecular weight is 256 g/mol.